The van der Waals surface area contributed by atoms with Crippen LogP contribution in [0.25, 0.3) is 11.4 Å². The average molecular weight is 377 g/mol. The Morgan fingerprint density at radius 3 is 2.43 bits per heavy atom. The van der Waals surface area contributed by atoms with E-state index in [9.17, 15) is 0 Å². The van der Waals surface area contributed by atoms with Gasteiger partial charge in [0.05, 0.1) is 5.69 Å². The molecular weight excluding hydrogens is 348 g/mol. The van der Waals surface area contributed by atoms with Gasteiger partial charge in [0.1, 0.15) is 5.82 Å². The fraction of sp³-hybridized carbons (Fsp3) is 0.455. The highest BCUT2D eigenvalue weighted by atomic mass is 15.3. The van der Waals surface area contributed by atoms with Crippen molar-refractivity contribution in [2.24, 2.45) is 5.92 Å². The number of rotatable bonds is 5. The molecule has 0 spiro atoms. The molecule has 4 rings (SSSR count). The molecule has 1 saturated heterocycles. The van der Waals surface area contributed by atoms with Gasteiger partial charge in [-0.15, -0.1) is 0 Å². The fourth-order valence-corrected chi connectivity index (χ4v) is 3.91. The number of aryl methyl sites for hydroxylation is 3. The van der Waals surface area contributed by atoms with Crippen LogP contribution in [0, 0.1) is 19.8 Å². The molecule has 0 radical (unpaired) electrons. The predicted molar refractivity (Wildman–Crippen MR) is 111 cm³/mol. The highest BCUT2D eigenvalue weighted by Gasteiger charge is 2.22. The summed E-state index contributed by atoms with van der Waals surface area (Å²) in [5.41, 5.74) is 4.46. The van der Waals surface area contributed by atoms with E-state index >= 15 is 0 Å². The zero-order valence-corrected chi connectivity index (χ0v) is 17.0. The normalized spacial score (nSPS) is 15.2. The van der Waals surface area contributed by atoms with Crippen molar-refractivity contribution in [1.29, 1.82) is 0 Å². The summed E-state index contributed by atoms with van der Waals surface area (Å²) in [6.45, 7) is 9.42. The largest absolute Gasteiger partial charge is 0.356 e. The maximum atomic E-state index is 4.87. The van der Waals surface area contributed by atoms with Crippen molar-refractivity contribution < 1.29 is 0 Å². The second kappa shape index (κ2) is 8.09. The van der Waals surface area contributed by atoms with Gasteiger partial charge < -0.3 is 4.90 Å². The fourth-order valence-electron chi connectivity index (χ4n) is 3.91. The Morgan fingerprint density at radius 1 is 1.04 bits per heavy atom. The Kier molecular flexibility index (Phi) is 5.37. The van der Waals surface area contributed by atoms with Gasteiger partial charge in [0.15, 0.2) is 5.82 Å². The lowest BCUT2D eigenvalue weighted by molar-refractivity contribution is 0.338. The Hall–Kier alpha value is -2.76. The number of piperidine rings is 1. The van der Waals surface area contributed by atoms with Crippen molar-refractivity contribution in [2.75, 3.05) is 18.0 Å². The Balaban J connectivity index is 1.47. The van der Waals surface area contributed by atoms with E-state index in [0.717, 1.165) is 67.5 Å². The van der Waals surface area contributed by atoms with Gasteiger partial charge in [0.25, 0.3) is 0 Å². The van der Waals surface area contributed by atoms with Gasteiger partial charge in [-0.3, -0.25) is 9.67 Å². The molecule has 0 bridgehead atoms. The number of hydrogen-bond donors (Lipinski definition) is 0. The van der Waals surface area contributed by atoms with Gasteiger partial charge in [-0.05, 0) is 57.2 Å². The number of nitrogens with zero attached hydrogens (tertiary/aromatic N) is 6. The molecule has 1 fully saturated rings. The van der Waals surface area contributed by atoms with Gasteiger partial charge in [0, 0.05) is 55.0 Å². The van der Waals surface area contributed by atoms with Crippen LogP contribution in [0.5, 0.6) is 0 Å². The van der Waals surface area contributed by atoms with E-state index in [-0.39, 0.29) is 0 Å². The number of anilines is 1. The van der Waals surface area contributed by atoms with Crippen LogP contribution in [0.3, 0.4) is 0 Å². The van der Waals surface area contributed by atoms with Crippen molar-refractivity contribution in [2.45, 2.75) is 46.6 Å². The van der Waals surface area contributed by atoms with Gasteiger partial charge in [0.2, 0.25) is 0 Å². The van der Waals surface area contributed by atoms with E-state index in [0.29, 0.717) is 5.92 Å². The first kappa shape index (κ1) is 18.6. The lowest BCUT2D eigenvalue weighted by atomic mass is 9.96. The molecule has 146 valence electrons. The third-order valence-corrected chi connectivity index (χ3v) is 5.54. The van der Waals surface area contributed by atoms with Crippen molar-refractivity contribution >= 4 is 5.82 Å². The second-order valence-corrected chi connectivity index (χ2v) is 7.67. The molecule has 0 amide bonds. The molecule has 3 aromatic heterocycles. The highest BCUT2D eigenvalue weighted by Crippen LogP contribution is 2.26. The van der Waals surface area contributed by atoms with Crippen LogP contribution in [0.4, 0.5) is 5.82 Å². The topological polar surface area (TPSA) is 59.7 Å². The van der Waals surface area contributed by atoms with Crippen LogP contribution < -0.4 is 4.90 Å². The molecule has 0 atom stereocenters. The summed E-state index contributed by atoms with van der Waals surface area (Å²) in [6, 6.07) is 8.24. The van der Waals surface area contributed by atoms with Crippen molar-refractivity contribution in [1.82, 2.24) is 24.7 Å². The minimum Gasteiger partial charge on any atom is -0.356 e. The van der Waals surface area contributed by atoms with E-state index in [1.54, 1.807) is 12.4 Å². The van der Waals surface area contributed by atoms with Crippen LogP contribution in [0.2, 0.25) is 0 Å². The third kappa shape index (κ3) is 4.06. The number of aromatic nitrogens is 5. The first-order valence-electron chi connectivity index (χ1n) is 10.2. The smallest absolute Gasteiger partial charge is 0.161 e. The molecule has 0 N–H and O–H groups in total. The minimum absolute atomic E-state index is 0.668. The SMILES string of the molecule is CCc1cc(N2CCC(Cn3nc(C)cc3C)CC2)nc(-c2ccncc2)n1. The summed E-state index contributed by atoms with van der Waals surface area (Å²) in [5.74, 6) is 2.51. The van der Waals surface area contributed by atoms with Crippen LogP contribution in [-0.4, -0.2) is 37.8 Å². The maximum absolute atomic E-state index is 4.87. The summed E-state index contributed by atoms with van der Waals surface area (Å²) in [5, 5.41) is 4.63. The van der Waals surface area contributed by atoms with E-state index in [1.807, 2.05) is 12.1 Å². The zero-order valence-electron chi connectivity index (χ0n) is 17.0. The Morgan fingerprint density at radius 2 is 1.79 bits per heavy atom. The number of pyridine rings is 1. The lowest BCUT2D eigenvalue weighted by Crippen LogP contribution is -2.36. The van der Waals surface area contributed by atoms with Gasteiger partial charge >= 0.3 is 0 Å². The lowest BCUT2D eigenvalue weighted by Gasteiger charge is -2.33. The summed E-state index contributed by atoms with van der Waals surface area (Å²) in [4.78, 5) is 16.1. The predicted octanol–water partition coefficient (Wildman–Crippen LogP) is 3.83. The third-order valence-electron chi connectivity index (χ3n) is 5.54. The summed E-state index contributed by atoms with van der Waals surface area (Å²) >= 11 is 0. The molecule has 6 nitrogen and oxygen atoms in total. The van der Waals surface area contributed by atoms with Crippen LogP contribution in [0.1, 0.15) is 36.8 Å². The summed E-state index contributed by atoms with van der Waals surface area (Å²) in [7, 11) is 0. The van der Waals surface area contributed by atoms with Crippen molar-refractivity contribution in [3.8, 4) is 11.4 Å². The van der Waals surface area contributed by atoms with E-state index < -0.39 is 0 Å². The maximum Gasteiger partial charge on any atom is 0.161 e. The molecule has 3 aromatic rings. The van der Waals surface area contributed by atoms with Crippen molar-refractivity contribution in [3.05, 3.63) is 53.7 Å². The summed E-state index contributed by atoms with van der Waals surface area (Å²) in [6.07, 6.45) is 6.81. The standard InChI is InChI=1S/C22H28N6/c1-4-20-14-21(25-22(24-20)19-5-9-23-10-6-19)27-11-7-18(8-12-27)15-28-17(3)13-16(2)26-28/h5-6,9-10,13-14,18H,4,7-8,11-12,15H2,1-3H3. The molecule has 4 heterocycles. The minimum atomic E-state index is 0.668. The monoisotopic (exact) mass is 376 g/mol. The van der Waals surface area contributed by atoms with Crippen LogP contribution in [-0.2, 0) is 13.0 Å². The molecule has 0 aromatic carbocycles. The van der Waals surface area contributed by atoms with Crippen LogP contribution >= 0.6 is 0 Å². The second-order valence-electron chi connectivity index (χ2n) is 7.67. The molecule has 0 aliphatic carbocycles. The number of hydrogen-bond acceptors (Lipinski definition) is 5. The first-order chi connectivity index (χ1) is 13.6. The van der Waals surface area contributed by atoms with Gasteiger partial charge in [-0.1, -0.05) is 6.92 Å². The van der Waals surface area contributed by atoms with E-state index in [4.69, 9.17) is 9.97 Å². The molecule has 28 heavy (non-hydrogen) atoms. The molecule has 6 heteroatoms. The summed E-state index contributed by atoms with van der Waals surface area (Å²) < 4.78 is 2.16. The van der Waals surface area contributed by atoms with Crippen LogP contribution in [0.15, 0.2) is 36.7 Å². The molecule has 1 aliphatic rings. The molecular formula is C22H28N6. The Labute approximate surface area is 166 Å². The molecule has 0 unspecified atom stereocenters. The first-order valence-corrected chi connectivity index (χ1v) is 10.2. The average Bonchev–Trinajstić information content (AvgIpc) is 3.05. The zero-order chi connectivity index (χ0) is 19.5. The van der Waals surface area contributed by atoms with Gasteiger partial charge in [-0.2, -0.15) is 5.10 Å². The van der Waals surface area contributed by atoms with Gasteiger partial charge in [-0.25, -0.2) is 9.97 Å². The van der Waals surface area contributed by atoms with E-state index in [1.165, 1.54) is 5.69 Å². The Bertz CT molecular complexity index is 925. The molecule has 1 aliphatic heterocycles. The molecule has 0 saturated carbocycles. The quantitative estimate of drug-likeness (QED) is 0.677. The highest BCUT2D eigenvalue weighted by molar-refractivity contribution is 5.57. The van der Waals surface area contributed by atoms with E-state index in [2.05, 4.69) is 52.6 Å². The van der Waals surface area contributed by atoms with Crippen molar-refractivity contribution in [3.63, 3.8) is 0 Å².